The van der Waals surface area contributed by atoms with E-state index >= 15 is 0 Å². The number of aliphatic hydroxyl groups is 4. The SMILES string of the molecule is O/C=C(O)/C(O)=C\C(O)=C\Br. The molecule has 0 aliphatic heterocycles. The van der Waals surface area contributed by atoms with Crippen LogP contribution in [0.25, 0.3) is 0 Å². The summed E-state index contributed by atoms with van der Waals surface area (Å²) >= 11 is 2.78. The van der Waals surface area contributed by atoms with Gasteiger partial charge in [0.2, 0.25) is 0 Å². The lowest BCUT2D eigenvalue weighted by Gasteiger charge is -1.95. The highest BCUT2D eigenvalue weighted by molar-refractivity contribution is 9.11. The lowest BCUT2D eigenvalue weighted by molar-refractivity contribution is 0.301. The van der Waals surface area contributed by atoms with Gasteiger partial charge in [-0.1, -0.05) is 15.9 Å². The topological polar surface area (TPSA) is 80.9 Å². The molecule has 0 aliphatic rings. The number of aliphatic hydroxyl groups excluding tert-OH is 4. The molecule has 5 heteroatoms. The van der Waals surface area contributed by atoms with Crippen LogP contribution < -0.4 is 0 Å². The van der Waals surface area contributed by atoms with Gasteiger partial charge in [-0.3, -0.25) is 0 Å². The minimum Gasteiger partial charge on any atom is -0.512 e. The van der Waals surface area contributed by atoms with Gasteiger partial charge in [-0.25, -0.2) is 0 Å². The van der Waals surface area contributed by atoms with Gasteiger partial charge in [0.15, 0.2) is 11.5 Å². The molecule has 0 amide bonds. The van der Waals surface area contributed by atoms with Crippen LogP contribution in [0.1, 0.15) is 0 Å². The van der Waals surface area contributed by atoms with Gasteiger partial charge in [-0.2, -0.15) is 0 Å². The Hall–Kier alpha value is -1.10. The molecule has 4 N–H and O–H groups in total. The summed E-state index contributed by atoms with van der Waals surface area (Å²) < 4.78 is 0. The first-order chi connectivity index (χ1) is 5.11. The van der Waals surface area contributed by atoms with E-state index in [1.54, 1.807) is 0 Å². The normalized spacial score (nSPS) is 15.2. The van der Waals surface area contributed by atoms with Crippen LogP contribution in [0.5, 0.6) is 0 Å². The van der Waals surface area contributed by atoms with Gasteiger partial charge in [0.25, 0.3) is 0 Å². The molecule has 4 nitrogen and oxygen atoms in total. The molecule has 11 heavy (non-hydrogen) atoms. The Morgan fingerprint density at radius 2 is 1.64 bits per heavy atom. The molecule has 0 atom stereocenters. The third kappa shape index (κ3) is 3.57. The van der Waals surface area contributed by atoms with Crippen molar-refractivity contribution >= 4 is 15.9 Å². The predicted octanol–water partition coefficient (Wildman–Crippen LogP) is 2.18. The maximum Gasteiger partial charge on any atom is 0.192 e. The molecule has 0 bridgehead atoms. The van der Waals surface area contributed by atoms with Crippen molar-refractivity contribution in [3.8, 4) is 0 Å². The van der Waals surface area contributed by atoms with E-state index in [9.17, 15) is 0 Å². The minimum atomic E-state index is -0.717. The molecule has 0 radical (unpaired) electrons. The van der Waals surface area contributed by atoms with Crippen LogP contribution >= 0.6 is 15.9 Å². The van der Waals surface area contributed by atoms with Crippen molar-refractivity contribution in [2.75, 3.05) is 0 Å². The Morgan fingerprint density at radius 1 is 1.09 bits per heavy atom. The van der Waals surface area contributed by atoms with Gasteiger partial charge in [0.05, 0.1) is 0 Å². The fraction of sp³-hybridized carbons (Fsp3) is 0. The number of hydrogen-bond acceptors (Lipinski definition) is 4. The second-order valence-corrected chi connectivity index (χ2v) is 2.04. The van der Waals surface area contributed by atoms with Gasteiger partial charge in [-0.05, 0) is 0 Å². The van der Waals surface area contributed by atoms with Crippen molar-refractivity contribution in [2.45, 2.75) is 0 Å². The van der Waals surface area contributed by atoms with Crippen LogP contribution in [0.4, 0.5) is 0 Å². The Bertz CT molecular complexity index is 217. The molecule has 0 aromatic heterocycles. The minimum absolute atomic E-state index is 0.282. The summed E-state index contributed by atoms with van der Waals surface area (Å²) in [5.41, 5.74) is 0. The van der Waals surface area contributed by atoms with E-state index in [2.05, 4.69) is 15.9 Å². The quantitative estimate of drug-likeness (QED) is 0.427. The zero-order valence-corrected chi connectivity index (χ0v) is 6.98. The second-order valence-electron chi connectivity index (χ2n) is 1.58. The van der Waals surface area contributed by atoms with Crippen molar-refractivity contribution in [3.05, 3.63) is 34.6 Å². The summed E-state index contributed by atoms with van der Waals surface area (Å²) in [6, 6.07) is 0. The van der Waals surface area contributed by atoms with E-state index in [1.807, 2.05) is 0 Å². The van der Waals surface area contributed by atoms with Gasteiger partial charge >= 0.3 is 0 Å². The number of allylic oxidation sites excluding steroid dienone is 1. The number of halogens is 1. The first-order valence-electron chi connectivity index (χ1n) is 2.55. The van der Waals surface area contributed by atoms with Crippen LogP contribution in [0.2, 0.25) is 0 Å². The first kappa shape index (κ1) is 9.90. The lowest BCUT2D eigenvalue weighted by Crippen LogP contribution is -1.88. The van der Waals surface area contributed by atoms with Gasteiger partial charge in [0, 0.05) is 11.1 Å². The molecule has 0 aromatic rings. The fourth-order valence-electron chi connectivity index (χ4n) is 0.312. The Morgan fingerprint density at radius 3 is 2.00 bits per heavy atom. The largest absolute Gasteiger partial charge is 0.512 e. The van der Waals surface area contributed by atoms with Crippen molar-refractivity contribution in [2.24, 2.45) is 0 Å². The molecular formula is C6H7BrO4. The predicted molar refractivity (Wildman–Crippen MR) is 43.7 cm³/mol. The molecule has 0 aromatic carbocycles. The second kappa shape index (κ2) is 4.68. The maximum absolute atomic E-state index is 8.78. The summed E-state index contributed by atoms with van der Waals surface area (Å²) in [4.78, 5) is 1.13. The van der Waals surface area contributed by atoms with Crippen LogP contribution in [0.15, 0.2) is 34.6 Å². The van der Waals surface area contributed by atoms with Gasteiger partial charge in [0.1, 0.15) is 12.0 Å². The summed E-state index contributed by atoms with van der Waals surface area (Å²) in [5.74, 6) is -1.62. The van der Waals surface area contributed by atoms with Crippen molar-refractivity contribution < 1.29 is 20.4 Å². The molecule has 0 aliphatic carbocycles. The third-order valence-corrected chi connectivity index (χ3v) is 1.25. The molecule has 0 saturated carbocycles. The summed E-state index contributed by atoms with van der Waals surface area (Å²) in [6.45, 7) is 0. The van der Waals surface area contributed by atoms with Crippen LogP contribution in [-0.2, 0) is 0 Å². The van der Waals surface area contributed by atoms with E-state index < -0.39 is 11.5 Å². The van der Waals surface area contributed by atoms with E-state index in [0.717, 1.165) is 11.1 Å². The maximum atomic E-state index is 8.78. The molecule has 0 heterocycles. The average Bonchev–Trinajstić information content (AvgIpc) is 2.02. The average molecular weight is 223 g/mol. The van der Waals surface area contributed by atoms with E-state index in [4.69, 9.17) is 20.4 Å². The zero-order chi connectivity index (χ0) is 8.85. The molecule has 0 rings (SSSR count). The van der Waals surface area contributed by atoms with Crippen LogP contribution in [0.3, 0.4) is 0 Å². The van der Waals surface area contributed by atoms with E-state index in [-0.39, 0.29) is 5.76 Å². The monoisotopic (exact) mass is 222 g/mol. The summed E-state index contributed by atoms with van der Waals surface area (Å²) in [6.07, 6.45) is 1.17. The van der Waals surface area contributed by atoms with Crippen molar-refractivity contribution in [1.29, 1.82) is 0 Å². The standard InChI is InChI=1S/C6H7BrO4/c7-2-4(9)1-5(10)6(11)3-8/h1-3,8-11H/b4-2-,5-1+,6-3-. The highest BCUT2D eigenvalue weighted by atomic mass is 79.9. The first-order valence-corrected chi connectivity index (χ1v) is 3.47. The van der Waals surface area contributed by atoms with Gasteiger partial charge in [-0.15, -0.1) is 0 Å². The highest BCUT2D eigenvalue weighted by Gasteiger charge is 1.99. The molecule has 0 spiro atoms. The zero-order valence-electron chi connectivity index (χ0n) is 5.40. The Balaban J connectivity index is 4.47. The molecule has 0 fully saturated rings. The fourth-order valence-corrected chi connectivity index (χ4v) is 0.444. The van der Waals surface area contributed by atoms with Crippen molar-refractivity contribution in [1.82, 2.24) is 0 Å². The van der Waals surface area contributed by atoms with Crippen LogP contribution in [0, 0.1) is 0 Å². The van der Waals surface area contributed by atoms with Crippen molar-refractivity contribution in [3.63, 3.8) is 0 Å². The highest BCUT2D eigenvalue weighted by Crippen LogP contribution is 2.05. The molecular weight excluding hydrogens is 216 g/mol. The molecule has 62 valence electrons. The van der Waals surface area contributed by atoms with Crippen LogP contribution in [-0.4, -0.2) is 20.4 Å². The molecule has 0 unspecified atom stereocenters. The van der Waals surface area contributed by atoms with Gasteiger partial charge < -0.3 is 20.4 Å². The molecule has 0 saturated heterocycles. The summed E-state index contributed by atoms with van der Waals surface area (Å²) in [7, 11) is 0. The van der Waals surface area contributed by atoms with E-state index in [1.165, 1.54) is 0 Å². The Labute approximate surface area is 71.5 Å². The number of hydrogen-bond donors (Lipinski definition) is 4. The summed E-state index contributed by atoms with van der Waals surface area (Å²) in [5, 5.41) is 34.3. The smallest absolute Gasteiger partial charge is 0.192 e. The number of rotatable bonds is 2. The van der Waals surface area contributed by atoms with E-state index in [0.29, 0.717) is 6.26 Å². The Kier molecular flexibility index (Phi) is 4.21. The lowest BCUT2D eigenvalue weighted by atomic mass is 10.4. The third-order valence-electron chi connectivity index (χ3n) is 0.781.